The highest BCUT2D eigenvalue weighted by Gasteiger charge is 2.22. The maximum absolute atomic E-state index is 4.78. The van der Waals surface area contributed by atoms with E-state index >= 15 is 0 Å². The molecule has 22 heavy (non-hydrogen) atoms. The largest absolute Gasteiger partial charge is 0.295 e. The highest BCUT2D eigenvalue weighted by molar-refractivity contribution is 9.10. The highest BCUT2D eigenvalue weighted by atomic mass is 79.9. The van der Waals surface area contributed by atoms with Gasteiger partial charge in [0.1, 0.15) is 4.60 Å². The molecule has 1 aliphatic rings. The molecule has 3 rings (SSSR count). The van der Waals surface area contributed by atoms with Gasteiger partial charge in [0.2, 0.25) is 5.78 Å². The van der Waals surface area contributed by atoms with Crippen molar-refractivity contribution in [3.05, 3.63) is 27.8 Å². The van der Waals surface area contributed by atoms with E-state index in [1.54, 1.807) is 0 Å². The van der Waals surface area contributed by atoms with Gasteiger partial charge in [0.15, 0.2) is 0 Å². The van der Waals surface area contributed by atoms with E-state index in [1.165, 1.54) is 37.8 Å². The topological polar surface area (TPSA) is 33.4 Å². The number of imidazole rings is 1. The molecular weight excluding hydrogens is 340 g/mol. The molecular formula is C17H25BrN4. The molecule has 4 nitrogen and oxygen atoms in total. The molecule has 120 valence electrons. The van der Waals surface area contributed by atoms with Gasteiger partial charge in [-0.3, -0.25) is 9.30 Å². The number of rotatable bonds is 4. The van der Waals surface area contributed by atoms with Crippen LogP contribution in [0.25, 0.3) is 5.78 Å². The summed E-state index contributed by atoms with van der Waals surface area (Å²) in [6, 6.07) is 2.81. The van der Waals surface area contributed by atoms with Crippen molar-refractivity contribution in [1.82, 2.24) is 19.3 Å². The van der Waals surface area contributed by atoms with Gasteiger partial charge in [0, 0.05) is 24.0 Å². The van der Waals surface area contributed by atoms with Crippen molar-refractivity contribution >= 4 is 21.7 Å². The first-order chi connectivity index (χ1) is 10.6. The van der Waals surface area contributed by atoms with Gasteiger partial charge in [-0.25, -0.2) is 9.97 Å². The van der Waals surface area contributed by atoms with E-state index in [0.29, 0.717) is 6.04 Å². The van der Waals surface area contributed by atoms with Crippen LogP contribution in [0, 0.1) is 13.8 Å². The van der Waals surface area contributed by atoms with Crippen molar-refractivity contribution in [3.63, 3.8) is 0 Å². The second-order valence-corrected chi connectivity index (χ2v) is 7.13. The van der Waals surface area contributed by atoms with Crippen LogP contribution in [0.5, 0.6) is 0 Å². The molecule has 5 heteroatoms. The number of aryl methyl sites for hydroxylation is 2. The van der Waals surface area contributed by atoms with Crippen molar-refractivity contribution in [1.29, 1.82) is 0 Å². The summed E-state index contributed by atoms with van der Waals surface area (Å²) in [6.45, 7) is 8.37. The summed E-state index contributed by atoms with van der Waals surface area (Å²) in [5.41, 5.74) is 3.30. The molecule has 0 N–H and O–H groups in total. The number of hydrogen-bond acceptors (Lipinski definition) is 3. The third-order valence-corrected chi connectivity index (χ3v) is 5.58. The zero-order valence-corrected chi connectivity index (χ0v) is 15.4. The van der Waals surface area contributed by atoms with Crippen LogP contribution in [0.4, 0.5) is 0 Å². The molecule has 0 radical (unpaired) electrons. The van der Waals surface area contributed by atoms with Crippen LogP contribution in [-0.4, -0.2) is 31.9 Å². The summed E-state index contributed by atoms with van der Waals surface area (Å²) >= 11 is 3.74. The molecule has 1 saturated carbocycles. The molecule has 0 unspecified atom stereocenters. The predicted molar refractivity (Wildman–Crippen MR) is 93.1 cm³/mol. The van der Waals surface area contributed by atoms with E-state index in [2.05, 4.69) is 50.1 Å². The maximum Gasteiger partial charge on any atom is 0.235 e. The average Bonchev–Trinajstić information content (AvgIpc) is 2.81. The van der Waals surface area contributed by atoms with E-state index in [9.17, 15) is 0 Å². The molecule has 0 saturated heterocycles. The second kappa shape index (κ2) is 6.67. The fourth-order valence-corrected chi connectivity index (χ4v) is 4.27. The summed E-state index contributed by atoms with van der Waals surface area (Å²) in [5.74, 6) is 0.805. The van der Waals surface area contributed by atoms with Crippen molar-refractivity contribution < 1.29 is 0 Å². The number of fused-ring (bicyclic) bond motifs is 1. The van der Waals surface area contributed by atoms with Gasteiger partial charge in [0.05, 0.1) is 5.69 Å². The Morgan fingerprint density at radius 2 is 1.95 bits per heavy atom. The van der Waals surface area contributed by atoms with E-state index in [-0.39, 0.29) is 0 Å². The van der Waals surface area contributed by atoms with Gasteiger partial charge in [-0.15, -0.1) is 0 Å². The molecule has 0 aromatic carbocycles. The van der Waals surface area contributed by atoms with Crippen LogP contribution >= 0.6 is 15.9 Å². The predicted octanol–water partition coefficient (Wildman–Crippen LogP) is 4.26. The molecule has 0 amide bonds. The molecule has 1 fully saturated rings. The first kappa shape index (κ1) is 15.9. The molecule has 0 spiro atoms. The minimum Gasteiger partial charge on any atom is -0.295 e. The fourth-order valence-electron chi connectivity index (χ4n) is 3.62. The third kappa shape index (κ3) is 3.06. The Kier molecular flexibility index (Phi) is 4.83. The highest BCUT2D eigenvalue weighted by Crippen LogP contribution is 2.26. The average molecular weight is 365 g/mol. The zero-order valence-electron chi connectivity index (χ0n) is 13.8. The Hall–Kier alpha value is -0.940. The lowest BCUT2D eigenvalue weighted by Gasteiger charge is -2.33. The third-order valence-electron chi connectivity index (χ3n) is 4.77. The standard InChI is InChI=1S/C17H25BrN4/c1-4-21(14-8-6-5-7-9-14)11-15-16(18)22-13(3)10-12(2)19-17(22)20-15/h10,14H,4-9,11H2,1-3H3. The van der Waals surface area contributed by atoms with E-state index in [4.69, 9.17) is 4.98 Å². The first-order valence-electron chi connectivity index (χ1n) is 8.35. The molecule has 2 aromatic heterocycles. The van der Waals surface area contributed by atoms with Crippen LogP contribution in [0.15, 0.2) is 10.7 Å². The van der Waals surface area contributed by atoms with Gasteiger partial charge in [-0.05, 0) is 55.2 Å². The molecule has 0 aliphatic heterocycles. The van der Waals surface area contributed by atoms with Gasteiger partial charge in [0.25, 0.3) is 0 Å². The maximum atomic E-state index is 4.78. The zero-order chi connectivity index (χ0) is 15.7. The van der Waals surface area contributed by atoms with Gasteiger partial charge in [-0.2, -0.15) is 0 Å². The van der Waals surface area contributed by atoms with E-state index in [1.807, 2.05) is 6.92 Å². The first-order valence-corrected chi connectivity index (χ1v) is 9.14. The van der Waals surface area contributed by atoms with E-state index in [0.717, 1.165) is 34.9 Å². The lowest BCUT2D eigenvalue weighted by Crippen LogP contribution is -2.36. The minimum atomic E-state index is 0.714. The SMILES string of the molecule is CCN(Cc1nc2nc(C)cc(C)n2c1Br)C1CCCCC1. The molecule has 2 aromatic rings. The van der Waals surface area contributed by atoms with Gasteiger partial charge < -0.3 is 0 Å². The Bertz CT molecular complexity index is 658. The minimum absolute atomic E-state index is 0.714. The summed E-state index contributed by atoms with van der Waals surface area (Å²) in [7, 11) is 0. The quantitative estimate of drug-likeness (QED) is 0.812. The van der Waals surface area contributed by atoms with Crippen LogP contribution in [0.3, 0.4) is 0 Å². The Balaban J connectivity index is 1.89. The lowest BCUT2D eigenvalue weighted by molar-refractivity contribution is 0.154. The number of halogens is 1. The lowest BCUT2D eigenvalue weighted by atomic mass is 9.94. The van der Waals surface area contributed by atoms with Crippen molar-refractivity contribution in [2.24, 2.45) is 0 Å². The molecule has 2 heterocycles. The van der Waals surface area contributed by atoms with Gasteiger partial charge in [-0.1, -0.05) is 26.2 Å². The van der Waals surface area contributed by atoms with Crippen LogP contribution in [0.1, 0.15) is 56.1 Å². The monoisotopic (exact) mass is 364 g/mol. The van der Waals surface area contributed by atoms with Crippen molar-refractivity contribution in [3.8, 4) is 0 Å². The summed E-state index contributed by atoms with van der Waals surface area (Å²) in [5, 5.41) is 0. The van der Waals surface area contributed by atoms with Gasteiger partial charge >= 0.3 is 0 Å². The molecule has 1 aliphatic carbocycles. The number of nitrogens with zero attached hydrogens (tertiary/aromatic N) is 4. The van der Waals surface area contributed by atoms with Crippen molar-refractivity contribution in [2.75, 3.05) is 6.54 Å². The normalized spacial score (nSPS) is 16.8. The number of aromatic nitrogens is 3. The molecule has 0 atom stereocenters. The van der Waals surface area contributed by atoms with Crippen LogP contribution in [0.2, 0.25) is 0 Å². The van der Waals surface area contributed by atoms with E-state index < -0.39 is 0 Å². The van der Waals surface area contributed by atoms with Crippen molar-refractivity contribution in [2.45, 2.75) is 65.5 Å². The summed E-state index contributed by atoms with van der Waals surface area (Å²) in [6.07, 6.45) is 6.79. The second-order valence-electron chi connectivity index (χ2n) is 6.38. The van der Waals surface area contributed by atoms with Crippen LogP contribution < -0.4 is 0 Å². The smallest absolute Gasteiger partial charge is 0.235 e. The van der Waals surface area contributed by atoms with Crippen LogP contribution in [-0.2, 0) is 6.54 Å². The number of hydrogen-bond donors (Lipinski definition) is 0. The molecule has 0 bridgehead atoms. The Labute approximate surface area is 141 Å². The summed E-state index contributed by atoms with van der Waals surface area (Å²) in [4.78, 5) is 11.9. The Morgan fingerprint density at radius 3 is 2.64 bits per heavy atom. The fraction of sp³-hybridized carbons (Fsp3) is 0.647. The summed E-state index contributed by atoms with van der Waals surface area (Å²) < 4.78 is 3.17. The Morgan fingerprint density at radius 1 is 1.23 bits per heavy atom.